The molecule has 0 aliphatic carbocycles. The molecular formula is C25H24N2O4S. The predicted octanol–water partition coefficient (Wildman–Crippen LogP) is 4.94. The Morgan fingerprint density at radius 3 is 2.47 bits per heavy atom. The number of hydrogen-bond acceptors (Lipinski definition) is 4. The molecule has 164 valence electrons. The van der Waals surface area contributed by atoms with Crippen molar-refractivity contribution in [3.05, 3.63) is 72.5 Å². The van der Waals surface area contributed by atoms with Crippen LogP contribution >= 0.6 is 0 Å². The Morgan fingerprint density at radius 2 is 1.69 bits per heavy atom. The highest BCUT2D eigenvalue weighted by Gasteiger charge is 2.25. The smallest absolute Gasteiger partial charge is 0.243 e. The van der Waals surface area contributed by atoms with Gasteiger partial charge >= 0.3 is 0 Å². The molecule has 1 aliphatic heterocycles. The molecular weight excluding hydrogens is 424 g/mol. The standard InChI is InChI=1S/C25H24N2O4S/c28-24(16-19-17-31-23-13-8-18-6-2-3-7-22(18)25(19)23)26-20-9-11-21(12-10-20)32(29,30)27-14-4-1-5-15-27/h2-3,6-13,17H,1,4-5,14-16H2,(H,26,28). The fourth-order valence-electron chi connectivity index (χ4n) is 4.35. The molecule has 0 radical (unpaired) electrons. The van der Waals surface area contributed by atoms with Gasteiger partial charge in [0, 0.05) is 29.7 Å². The Hall–Kier alpha value is -3.16. The molecule has 0 saturated carbocycles. The summed E-state index contributed by atoms with van der Waals surface area (Å²) < 4.78 is 32.8. The zero-order valence-electron chi connectivity index (χ0n) is 17.6. The van der Waals surface area contributed by atoms with Gasteiger partial charge in [0.15, 0.2) is 0 Å². The first kappa shape index (κ1) is 20.7. The number of nitrogens with zero attached hydrogens (tertiary/aromatic N) is 1. The third kappa shape index (κ3) is 3.89. The summed E-state index contributed by atoms with van der Waals surface area (Å²) in [5.74, 6) is -0.188. The van der Waals surface area contributed by atoms with Crippen molar-refractivity contribution in [1.29, 1.82) is 0 Å². The van der Waals surface area contributed by atoms with Gasteiger partial charge in [-0.1, -0.05) is 36.8 Å². The quantitative estimate of drug-likeness (QED) is 0.469. The number of carbonyl (C=O) groups is 1. The van der Waals surface area contributed by atoms with E-state index >= 15 is 0 Å². The van der Waals surface area contributed by atoms with Gasteiger partial charge in [0.05, 0.1) is 17.6 Å². The zero-order chi connectivity index (χ0) is 22.1. The van der Waals surface area contributed by atoms with Crippen molar-refractivity contribution in [2.75, 3.05) is 18.4 Å². The van der Waals surface area contributed by atoms with Crippen LogP contribution in [0.1, 0.15) is 24.8 Å². The van der Waals surface area contributed by atoms with Crippen molar-refractivity contribution < 1.29 is 17.6 Å². The molecule has 6 nitrogen and oxygen atoms in total. The zero-order valence-corrected chi connectivity index (χ0v) is 18.4. The second-order valence-electron chi connectivity index (χ2n) is 8.13. The van der Waals surface area contributed by atoms with Crippen molar-refractivity contribution in [2.45, 2.75) is 30.6 Å². The number of hydrogen-bond donors (Lipinski definition) is 1. The van der Waals surface area contributed by atoms with E-state index in [1.807, 2.05) is 36.4 Å². The van der Waals surface area contributed by atoms with Gasteiger partial charge < -0.3 is 9.73 Å². The Morgan fingerprint density at radius 1 is 0.938 bits per heavy atom. The number of anilines is 1. The normalized spacial score (nSPS) is 15.2. The third-order valence-corrected chi connectivity index (χ3v) is 7.89. The van der Waals surface area contributed by atoms with Gasteiger partial charge in [0.1, 0.15) is 5.58 Å². The maximum absolute atomic E-state index is 12.8. The van der Waals surface area contributed by atoms with E-state index < -0.39 is 10.0 Å². The molecule has 4 aromatic rings. The summed E-state index contributed by atoms with van der Waals surface area (Å²) in [5, 5.41) is 5.95. The second kappa shape index (κ2) is 8.41. The summed E-state index contributed by atoms with van der Waals surface area (Å²) >= 11 is 0. The maximum atomic E-state index is 12.8. The molecule has 1 fully saturated rings. The van der Waals surface area contributed by atoms with Gasteiger partial charge in [-0.3, -0.25) is 4.79 Å². The number of amides is 1. The SMILES string of the molecule is O=C(Cc1coc2ccc3ccccc3c12)Nc1ccc(S(=O)(=O)N2CCCCC2)cc1. The summed E-state index contributed by atoms with van der Waals surface area (Å²) in [5.41, 5.74) is 2.13. The largest absolute Gasteiger partial charge is 0.464 e. The first-order valence-corrected chi connectivity index (χ1v) is 12.2. The summed E-state index contributed by atoms with van der Waals surface area (Å²) in [4.78, 5) is 13.0. The van der Waals surface area contributed by atoms with Gasteiger partial charge in [-0.25, -0.2) is 8.42 Å². The summed E-state index contributed by atoms with van der Waals surface area (Å²) in [6, 6.07) is 18.3. The van der Waals surface area contributed by atoms with E-state index in [0.29, 0.717) is 18.8 Å². The van der Waals surface area contributed by atoms with Gasteiger partial charge in [0.25, 0.3) is 0 Å². The lowest BCUT2D eigenvalue weighted by atomic mass is 10.0. The Kier molecular flexibility index (Phi) is 5.45. The summed E-state index contributed by atoms with van der Waals surface area (Å²) in [6.45, 7) is 1.13. The molecule has 1 saturated heterocycles. The molecule has 32 heavy (non-hydrogen) atoms. The van der Waals surface area contributed by atoms with E-state index in [-0.39, 0.29) is 17.2 Å². The average molecular weight is 449 g/mol. The number of furan rings is 1. The molecule has 0 bridgehead atoms. The summed E-state index contributed by atoms with van der Waals surface area (Å²) in [7, 11) is -3.49. The first-order chi connectivity index (χ1) is 15.5. The number of nitrogens with one attached hydrogen (secondary N) is 1. The number of fused-ring (bicyclic) bond motifs is 3. The fraction of sp³-hybridized carbons (Fsp3) is 0.240. The number of rotatable bonds is 5. The fourth-order valence-corrected chi connectivity index (χ4v) is 5.86. The molecule has 0 atom stereocenters. The van der Waals surface area contributed by atoms with Crippen molar-refractivity contribution >= 4 is 43.4 Å². The molecule has 7 heteroatoms. The average Bonchev–Trinajstić information content (AvgIpc) is 3.23. The highest BCUT2D eigenvalue weighted by molar-refractivity contribution is 7.89. The number of benzene rings is 3. The van der Waals surface area contributed by atoms with Gasteiger partial charge in [-0.15, -0.1) is 0 Å². The lowest BCUT2D eigenvalue weighted by molar-refractivity contribution is -0.115. The van der Waals surface area contributed by atoms with E-state index in [4.69, 9.17) is 4.42 Å². The molecule has 1 amide bonds. The van der Waals surface area contributed by atoms with Crippen LogP contribution in [0.15, 0.2) is 76.2 Å². The van der Waals surface area contributed by atoms with Crippen LogP contribution in [0.5, 0.6) is 0 Å². The Bertz CT molecular complexity index is 1380. The van der Waals surface area contributed by atoms with Crippen LogP contribution < -0.4 is 5.32 Å². The third-order valence-electron chi connectivity index (χ3n) is 5.98. The minimum Gasteiger partial charge on any atom is -0.464 e. The molecule has 0 unspecified atom stereocenters. The van der Waals surface area contributed by atoms with Crippen LogP contribution in [-0.2, 0) is 21.2 Å². The van der Waals surface area contributed by atoms with Gasteiger partial charge in [-0.2, -0.15) is 4.31 Å². The molecule has 2 heterocycles. The minimum atomic E-state index is -3.49. The molecule has 1 aliphatic rings. The van der Waals surface area contributed by atoms with Crippen molar-refractivity contribution in [3.8, 4) is 0 Å². The lowest BCUT2D eigenvalue weighted by Crippen LogP contribution is -2.35. The minimum absolute atomic E-state index is 0.162. The summed E-state index contributed by atoms with van der Waals surface area (Å²) in [6.07, 6.45) is 4.65. The van der Waals surface area contributed by atoms with Gasteiger partial charge in [-0.05, 0) is 53.9 Å². The van der Waals surface area contributed by atoms with Crippen LogP contribution in [0.3, 0.4) is 0 Å². The van der Waals surface area contributed by atoms with Crippen LogP contribution in [0.2, 0.25) is 0 Å². The van der Waals surface area contributed by atoms with E-state index in [2.05, 4.69) is 5.32 Å². The molecule has 0 spiro atoms. The second-order valence-corrected chi connectivity index (χ2v) is 10.1. The van der Waals surface area contributed by atoms with E-state index in [9.17, 15) is 13.2 Å². The molecule has 3 aromatic carbocycles. The highest BCUT2D eigenvalue weighted by atomic mass is 32.2. The molecule has 1 N–H and O–H groups in total. The number of sulfonamides is 1. The Balaban J connectivity index is 1.32. The van der Waals surface area contributed by atoms with E-state index in [1.54, 1.807) is 34.8 Å². The van der Waals surface area contributed by atoms with Gasteiger partial charge in [0.2, 0.25) is 15.9 Å². The van der Waals surface area contributed by atoms with Crippen molar-refractivity contribution in [2.24, 2.45) is 0 Å². The topological polar surface area (TPSA) is 79.6 Å². The van der Waals surface area contributed by atoms with E-state index in [1.165, 1.54) is 0 Å². The van der Waals surface area contributed by atoms with Crippen LogP contribution in [0.25, 0.3) is 21.7 Å². The molecule has 5 rings (SSSR count). The maximum Gasteiger partial charge on any atom is 0.243 e. The first-order valence-electron chi connectivity index (χ1n) is 10.8. The van der Waals surface area contributed by atoms with Crippen molar-refractivity contribution in [1.82, 2.24) is 4.31 Å². The number of piperidine rings is 1. The van der Waals surface area contributed by atoms with Crippen LogP contribution in [-0.4, -0.2) is 31.7 Å². The van der Waals surface area contributed by atoms with Crippen LogP contribution in [0.4, 0.5) is 5.69 Å². The monoisotopic (exact) mass is 448 g/mol. The Labute approximate surface area is 186 Å². The molecule has 1 aromatic heterocycles. The van der Waals surface area contributed by atoms with Crippen molar-refractivity contribution in [3.63, 3.8) is 0 Å². The highest BCUT2D eigenvalue weighted by Crippen LogP contribution is 2.30. The van der Waals surface area contributed by atoms with E-state index in [0.717, 1.165) is 46.6 Å². The van der Waals surface area contributed by atoms with Crippen LogP contribution in [0, 0.1) is 0 Å². The number of carbonyl (C=O) groups excluding carboxylic acids is 1. The lowest BCUT2D eigenvalue weighted by Gasteiger charge is -2.25. The predicted molar refractivity (Wildman–Crippen MR) is 125 cm³/mol.